The fraction of sp³-hybridized carbons (Fsp3) is 0.238. The van der Waals surface area contributed by atoms with Gasteiger partial charge in [0.05, 0.1) is 17.6 Å². The number of rotatable bonds is 5. The van der Waals surface area contributed by atoms with Gasteiger partial charge in [-0.3, -0.25) is 14.4 Å². The summed E-state index contributed by atoms with van der Waals surface area (Å²) in [5, 5.41) is 3.13. The van der Waals surface area contributed by atoms with E-state index in [4.69, 9.17) is 11.6 Å². The second-order valence-electron chi connectivity index (χ2n) is 6.91. The van der Waals surface area contributed by atoms with Crippen LogP contribution in [0.5, 0.6) is 0 Å². The van der Waals surface area contributed by atoms with Crippen molar-refractivity contribution in [1.29, 1.82) is 0 Å². The molecule has 7 nitrogen and oxygen atoms in total. The van der Waals surface area contributed by atoms with Gasteiger partial charge in [0.2, 0.25) is 5.78 Å². The zero-order valence-corrected chi connectivity index (χ0v) is 16.3. The van der Waals surface area contributed by atoms with Crippen molar-refractivity contribution < 1.29 is 14.4 Å². The highest BCUT2D eigenvalue weighted by Gasteiger charge is 2.37. The molecular weight excluding hydrogens is 392 g/mol. The number of aromatic nitrogens is 2. The van der Waals surface area contributed by atoms with Crippen molar-refractivity contribution in [3.8, 4) is 0 Å². The number of para-hydroxylation sites is 2. The van der Waals surface area contributed by atoms with Crippen LogP contribution in [0, 0.1) is 0 Å². The molecule has 4 rings (SSSR count). The molecule has 3 aromatic rings. The number of aromatic amines is 1. The smallest absolute Gasteiger partial charge is 0.289 e. The van der Waals surface area contributed by atoms with Crippen molar-refractivity contribution in [3.05, 3.63) is 64.9 Å². The van der Waals surface area contributed by atoms with E-state index in [1.165, 1.54) is 4.90 Å². The highest BCUT2D eigenvalue weighted by atomic mass is 35.5. The average molecular weight is 411 g/mol. The summed E-state index contributed by atoms with van der Waals surface area (Å²) in [7, 11) is 0. The van der Waals surface area contributed by atoms with Gasteiger partial charge < -0.3 is 15.2 Å². The first kappa shape index (κ1) is 19.1. The third-order valence-corrected chi connectivity index (χ3v) is 5.24. The fourth-order valence-corrected chi connectivity index (χ4v) is 3.66. The predicted molar refractivity (Wildman–Crippen MR) is 108 cm³/mol. The van der Waals surface area contributed by atoms with E-state index < -0.39 is 17.7 Å². The van der Waals surface area contributed by atoms with Gasteiger partial charge in [-0.05, 0) is 49.2 Å². The van der Waals surface area contributed by atoms with Crippen molar-refractivity contribution in [1.82, 2.24) is 20.2 Å². The summed E-state index contributed by atoms with van der Waals surface area (Å²) in [6, 6.07) is 13.2. The van der Waals surface area contributed by atoms with Crippen LogP contribution >= 0.6 is 11.6 Å². The summed E-state index contributed by atoms with van der Waals surface area (Å²) in [6.07, 6.45) is 1.14. The summed E-state index contributed by atoms with van der Waals surface area (Å²) in [6.45, 7) is 0.547. The van der Waals surface area contributed by atoms with Gasteiger partial charge in [-0.1, -0.05) is 23.7 Å². The standard InChI is InChI=1S/C21H19ClN4O3/c22-14-9-7-13(8-10-14)21(29)26-11-3-6-17(26)19(27)20(28)23-12-18-24-15-4-1-2-5-16(15)25-18/h1-2,4-5,7-10,17H,3,6,11-12H2,(H,23,28)(H,24,25). The maximum atomic E-state index is 12.8. The topological polar surface area (TPSA) is 95.2 Å². The number of carbonyl (C=O) groups is 3. The lowest BCUT2D eigenvalue weighted by molar-refractivity contribution is -0.140. The van der Waals surface area contributed by atoms with E-state index >= 15 is 0 Å². The zero-order chi connectivity index (χ0) is 20.4. The Bertz CT molecular complexity index is 1040. The molecule has 2 N–H and O–H groups in total. The minimum Gasteiger partial charge on any atom is -0.342 e. The molecule has 1 unspecified atom stereocenters. The summed E-state index contributed by atoms with van der Waals surface area (Å²) < 4.78 is 0. The Balaban J connectivity index is 1.41. The Morgan fingerprint density at radius 3 is 2.66 bits per heavy atom. The fourth-order valence-electron chi connectivity index (χ4n) is 3.53. The minimum atomic E-state index is -0.756. The molecule has 0 aliphatic carbocycles. The number of carbonyl (C=O) groups excluding carboxylic acids is 3. The van der Waals surface area contributed by atoms with E-state index in [9.17, 15) is 14.4 Å². The van der Waals surface area contributed by atoms with Crippen LogP contribution in [0.2, 0.25) is 5.02 Å². The molecule has 2 amide bonds. The summed E-state index contributed by atoms with van der Waals surface area (Å²) in [4.78, 5) is 46.8. The molecular formula is C21H19ClN4O3. The predicted octanol–water partition coefficient (Wildman–Crippen LogP) is 2.71. The van der Waals surface area contributed by atoms with Crippen LogP contribution in [0.1, 0.15) is 29.0 Å². The van der Waals surface area contributed by atoms with E-state index in [0.717, 1.165) is 11.0 Å². The van der Waals surface area contributed by atoms with Gasteiger partial charge in [-0.2, -0.15) is 0 Å². The van der Waals surface area contributed by atoms with E-state index in [1.54, 1.807) is 24.3 Å². The Hall–Kier alpha value is -3.19. The van der Waals surface area contributed by atoms with Crippen molar-refractivity contribution in [2.45, 2.75) is 25.4 Å². The van der Waals surface area contributed by atoms with Gasteiger partial charge in [0.1, 0.15) is 11.9 Å². The Morgan fingerprint density at radius 2 is 1.90 bits per heavy atom. The molecule has 1 aromatic heterocycles. The number of hydrogen-bond donors (Lipinski definition) is 2. The number of nitrogens with one attached hydrogen (secondary N) is 2. The monoisotopic (exact) mass is 410 g/mol. The molecule has 1 aliphatic rings. The van der Waals surface area contributed by atoms with Gasteiger partial charge in [0.15, 0.2) is 0 Å². The van der Waals surface area contributed by atoms with Crippen molar-refractivity contribution in [2.24, 2.45) is 0 Å². The lowest BCUT2D eigenvalue weighted by atomic mass is 10.1. The largest absolute Gasteiger partial charge is 0.342 e. The van der Waals surface area contributed by atoms with Crippen LogP contribution in [-0.4, -0.2) is 45.1 Å². The second kappa shape index (κ2) is 8.05. The molecule has 2 heterocycles. The second-order valence-corrected chi connectivity index (χ2v) is 7.35. The number of benzene rings is 2. The summed E-state index contributed by atoms with van der Waals surface area (Å²) in [5.74, 6) is -1.04. The lowest BCUT2D eigenvalue weighted by Crippen LogP contribution is -2.46. The molecule has 8 heteroatoms. The molecule has 2 aromatic carbocycles. The third kappa shape index (κ3) is 4.00. The normalized spacial score (nSPS) is 16.2. The van der Waals surface area contributed by atoms with Gasteiger partial charge in [0, 0.05) is 17.1 Å². The highest BCUT2D eigenvalue weighted by Crippen LogP contribution is 2.22. The lowest BCUT2D eigenvalue weighted by Gasteiger charge is -2.23. The van der Waals surface area contributed by atoms with E-state index in [-0.39, 0.29) is 12.5 Å². The van der Waals surface area contributed by atoms with E-state index in [1.807, 2.05) is 24.3 Å². The number of nitrogens with zero attached hydrogens (tertiary/aromatic N) is 2. The number of H-pyrrole nitrogens is 1. The molecule has 1 aliphatic heterocycles. The van der Waals surface area contributed by atoms with E-state index in [2.05, 4.69) is 15.3 Å². The molecule has 29 heavy (non-hydrogen) atoms. The van der Waals surface area contributed by atoms with Crippen LogP contribution in [0.3, 0.4) is 0 Å². The number of amides is 2. The van der Waals surface area contributed by atoms with Crippen LogP contribution < -0.4 is 5.32 Å². The molecule has 0 radical (unpaired) electrons. The van der Waals surface area contributed by atoms with Gasteiger partial charge in [-0.25, -0.2) is 4.98 Å². The third-order valence-electron chi connectivity index (χ3n) is 4.99. The van der Waals surface area contributed by atoms with Crippen molar-refractivity contribution in [3.63, 3.8) is 0 Å². The summed E-state index contributed by atoms with van der Waals surface area (Å²) in [5.41, 5.74) is 2.09. The van der Waals surface area contributed by atoms with Gasteiger partial charge in [-0.15, -0.1) is 0 Å². The highest BCUT2D eigenvalue weighted by molar-refractivity contribution is 6.38. The number of hydrogen-bond acceptors (Lipinski definition) is 4. The zero-order valence-electron chi connectivity index (χ0n) is 15.5. The first-order valence-electron chi connectivity index (χ1n) is 9.35. The molecule has 0 bridgehead atoms. The Morgan fingerprint density at radius 1 is 1.14 bits per heavy atom. The minimum absolute atomic E-state index is 0.108. The first-order valence-corrected chi connectivity index (χ1v) is 9.73. The SMILES string of the molecule is O=C(NCc1nc2ccccc2[nH]1)C(=O)C1CCCN1C(=O)c1ccc(Cl)cc1. The Kier molecular flexibility index (Phi) is 5.31. The van der Waals surface area contributed by atoms with Crippen LogP contribution in [0.25, 0.3) is 11.0 Å². The number of ketones is 1. The number of likely N-dealkylation sites (tertiary alicyclic amines) is 1. The molecule has 1 fully saturated rings. The van der Waals surface area contributed by atoms with Crippen molar-refractivity contribution >= 4 is 40.2 Å². The quantitative estimate of drug-likeness (QED) is 0.632. The number of imidazole rings is 1. The number of fused-ring (bicyclic) bond motifs is 1. The maximum absolute atomic E-state index is 12.8. The Labute approximate surface area is 172 Å². The van der Waals surface area contributed by atoms with Crippen LogP contribution in [-0.2, 0) is 16.1 Å². The number of halogens is 1. The molecule has 0 saturated carbocycles. The number of Topliss-reactive ketones (excluding diaryl/α,β-unsaturated/α-hetero) is 1. The average Bonchev–Trinajstić information content (AvgIpc) is 3.38. The maximum Gasteiger partial charge on any atom is 0.289 e. The van der Waals surface area contributed by atoms with Gasteiger partial charge in [0.25, 0.3) is 11.8 Å². The molecule has 0 spiro atoms. The van der Waals surface area contributed by atoms with Gasteiger partial charge >= 0.3 is 0 Å². The van der Waals surface area contributed by atoms with E-state index in [0.29, 0.717) is 35.8 Å². The summed E-state index contributed by atoms with van der Waals surface area (Å²) >= 11 is 5.87. The van der Waals surface area contributed by atoms with Crippen molar-refractivity contribution in [2.75, 3.05) is 6.54 Å². The molecule has 1 saturated heterocycles. The van der Waals surface area contributed by atoms with Crippen LogP contribution in [0.4, 0.5) is 0 Å². The first-order chi connectivity index (χ1) is 14.0. The molecule has 148 valence electrons. The van der Waals surface area contributed by atoms with Crippen LogP contribution in [0.15, 0.2) is 48.5 Å². The molecule has 1 atom stereocenters.